The molecule has 0 saturated heterocycles. The number of allylic oxidation sites excluding steroid dienone is 1. The minimum Gasteiger partial charge on any atom is -0.489 e. The topological polar surface area (TPSA) is 78.3 Å². The number of fused-ring (bicyclic) bond motifs is 1. The second kappa shape index (κ2) is 14.1. The highest BCUT2D eigenvalue weighted by molar-refractivity contribution is 7.98. The molecule has 1 aliphatic rings. The molecule has 6 rings (SSSR count). The first-order chi connectivity index (χ1) is 22.7. The number of benzene rings is 4. The molecule has 0 fully saturated rings. The maximum atomic E-state index is 13.7. The van der Waals surface area contributed by atoms with Gasteiger partial charge in [0.2, 0.25) is 11.1 Å². The summed E-state index contributed by atoms with van der Waals surface area (Å²) < 4.78 is 13.7. The molecule has 1 N–H and O–H groups in total. The average molecular weight is 665 g/mol. The molecule has 240 valence electrons. The van der Waals surface area contributed by atoms with Gasteiger partial charge < -0.3 is 14.8 Å². The molecule has 5 aromatic rings. The van der Waals surface area contributed by atoms with E-state index in [1.807, 2.05) is 85.8 Å². The average Bonchev–Trinajstić information content (AvgIpc) is 3.48. The molecule has 0 bridgehead atoms. The number of carbonyl (C=O) groups is 1. The van der Waals surface area contributed by atoms with Crippen molar-refractivity contribution in [2.24, 2.45) is 0 Å². The number of aromatic nitrogens is 3. The summed E-state index contributed by atoms with van der Waals surface area (Å²) in [6.45, 7) is 9.09. The summed E-state index contributed by atoms with van der Waals surface area (Å²) in [6, 6.07) is 33.1. The number of thioether (sulfide) groups is 1. The Labute approximate surface area is 285 Å². The molecule has 0 amide bonds. The van der Waals surface area contributed by atoms with Gasteiger partial charge in [0.15, 0.2) is 0 Å². The van der Waals surface area contributed by atoms with Gasteiger partial charge in [0.1, 0.15) is 25.0 Å². The van der Waals surface area contributed by atoms with Gasteiger partial charge in [0.25, 0.3) is 0 Å². The van der Waals surface area contributed by atoms with E-state index in [2.05, 4.69) is 50.4 Å². The van der Waals surface area contributed by atoms with Gasteiger partial charge >= 0.3 is 5.97 Å². The Morgan fingerprint density at radius 2 is 1.57 bits per heavy atom. The van der Waals surface area contributed by atoms with Crippen LogP contribution in [0, 0.1) is 0 Å². The summed E-state index contributed by atoms with van der Waals surface area (Å²) in [4.78, 5) is 18.5. The van der Waals surface area contributed by atoms with Crippen molar-refractivity contribution < 1.29 is 14.3 Å². The van der Waals surface area contributed by atoms with E-state index in [1.54, 1.807) is 4.68 Å². The van der Waals surface area contributed by atoms with Crippen LogP contribution in [0.15, 0.2) is 120 Å². The lowest BCUT2D eigenvalue weighted by molar-refractivity contribution is -0.140. The molecule has 1 aromatic heterocycles. The Morgan fingerprint density at radius 1 is 0.894 bits per heavy atom. The maximum absolute atomic E-state index is 13.7. The van der Waals surface area contributed by atoms with Crippen LogP contribution >= 0.6 is 23.4 Å². The highest BCUT2D eigenvalue weighted by atomic mass is 35.5. The molecule has 47 heavy (non-hydrogen) atoms. The maximum Gasteiger partial charge on any atom is 0.338 e. The van der Waals surface area contributed by atoms with Crippen molar-refractivity contribution in [1.29, 1.82) is 0 Å². The number of hydrogen-bond donors (Lipinski definition) is 1. The highest BCUT2D eigenvalue weighted by Gasteiger charge is 2.35. The minimum absolute atomic E-state index is 0.0997. The van der Waals surface area contributed by atoms with Gasteiger partial charge in [0.05, 0.1) is 5.57 Å². The lowest BCUT2D eigenvalue weighted by atomic mass is 9.87. The first-order valence-electron chi connectivity index (χ1n) is 15.5. The first-order valence-corrected chi connectivity index (χ1v) is 16.9. The van der Waals surface area contributed by atoms with Crippen LogP contribution in [0.1, 0.15) is 61.6 Å². The summed E-state index contributed by atoms with van der Waals surface area (Å²) in [6.07, 6.45) is 0. The van der Waals surface area contributed by atoms with Crippen LogP contribution in [-0.2, 0) is 33.9 Å². The number of ether oxygens (including phenoxy) is 2. The van der Waals surface area contributed by atoms with Crippen molar-refractivity contribution in [1.82, 2.24) is 14.8 Å². The van der Waals surface area contributed by atoms with Crippen LogP contribution in [0.25, 0.3) is 0 Å². The van der Waals surface area contributed by atoms with Gasteiger partial charge in [-0.2, -0.15) is 4.98 Å². The fraction of sp³-hybridized carbons (Fsp3) is 0.237. The standard InChI is InChI=1S/C38H37ClN4O3S/c1-25-33(35(44)46-23-26-10-6-5-7-11-26)34(43-36(40-25)41-37(42-43)47-24-29-12-8-9-13-32(29)39)28-16-20-31(21-17-28)45-22-27-14-18-30(19-15-27)38(2,3)4/h5-21,34H,22-24H2,1-4H3,(H,40,41,42). The predicted octanol–water partition coefficient (Wildman–Crippen LogP) is 9.13. The largest absolute Gasteiger partial charge is 0.489 e. The molecule has 9 heteroatoms. The molecule has 0 radical (unpaired) electrons. The molecule has 7 nitrogen and oxygen atoms in total. The zero-order chi connectivity index (χ0) is 33.0. The quantitative estimate of drug-likeness (QED) is 0.118. The fourth-order valence-electron chi connectivity index (χ4n) is 5.34. The van der Waals surface area contributed by atoms with E-state index in [9.17, 15) is 4.79 Å². The number of hydrogen-bond acceptors (Lipinski definition) is 7. The van der Waals surface area contributed by atoms with Crippen molar-refractivity contribution in [2.75, 3.05) is 5.32 Å². The second-order valence-corrected chi connectivity index (χ2v) is 13.8. The van der Waals surface area contributed by atoms with E-state index in [1.165, 1.54) is 17.3 Å². The third kappa shape index (κ3) is 7.72. The smallest absolute Gasteiger partial charge is 0.338 e. The summed E-state index contributed by atoms with van der Waals surface area (Å²) in [5.74, 6) is 1.46. The van der Waals surface area contributed by atoms with Gasteiger partial charge in [-0.3, -0.25) is 0 Å². The van der Waals surface area contributed by atoms with Crippen LogP contribution in [0.5, 0.6) is 5.75 Å². The predicted molar refractivity (Wildman–Crippen MR) is 188 cm³/mol. The van der Waals surface area contributed by atoms with E-state index in [0.717, 1.165) is 28.0 Å². The van der Waals surface area contributed by atoms with Gasteiger partial charge in [-0.15, -0.1) is 5.10 Å². The Kier molecular flexibility index (Phi) is 9.71. The molecular weight excluding hydrogens is 628 g/mol. The monoisotopic (exact) mass is 664 g/mol. The van der Waals surface area contributed by atoms with E-state index in [0.29, 0.717) is 39.8 Å². The Bertz CT molecular complexity index is 1880. The number of rotatable bonds is 10. The molecule has 1 atom stereocenters. The zero-order valence-electron chi connectivity index (χ0n) is 26.9. The summed E-state index contributed by atoms with van der Waals surface area (Å²) >= 11 is 7.88. The Balaban J connectivity index is 1.24. The second-order valence-electron chi connectivity index (χ2n) is 12.5. The lowest BCUT2D eigenvalue weighted by Crippen LogP contribution is -2.29. The number of carbonyl (C=O) groups excluding carboxylic acids is 1. The minimum atomic E-state index is -0.560. The van der Waals surface area contributed by atoms with Crippen LogP contribution in [0.4, 0.5) is 5.95 Å². The van der Waals surface area contributed by atoms with Crippen molar-refractivity contribution >= 4 is 35.3 Å². The van der Waals surface area contributed by atoms with Gasteiger partial charge in [-0.1, -0.05) is 129 Å². The van der Waals surface area contributed by atoms with Gasteiger partial charge in [-0.05, 0) is 58.4 Å². The normalized spacial score (nSPS) is 14.4. The Hall–Kier alpha value is -4.53. The van der Waals surface area contributed by atoms with E-state index in [-0.39, 0.29) is 12.0 Å². The fourth-order valence-corrected chi connectivity index (χ4v) is 6.45. The Morgan fingerprint density at radius 3 is 2.28 bits per heavy atom. The third-order valence-electron chi connectivity index (χ3n) is 8.00. The molecule has 4 aromatic carbocycles. The molecular formula is C38H37ClN4O3S. The molecule has 1 unspecified atom stereocenters. The summed E-state index contributed by atoms with van der Waals surface area (Å²) in [5.41, 5.74) is 6.37. The molecule has 0 saturated carbocycles. The number of nitrogens with one attached hydrogen (secondary N) is 1. The molecule has 0 spiro atoms. The zero-order valence-corrected chi connectivity index (χ0v) is 28.4. The highest BCUT2D eigenvalue weighted by Crippen LogP contribution is 2.38. The van der Waals surface area contributed by atoms with Crippen LogP contribution < -0.4 is 10.1 Å². The van der Waals surface area contributed by atoms with Crippen LogP contribution in [0.3, 0.4) is 0 Å². The van der Waals surface area contributed by atoms with E-state index < -0.39 is 12.0 Å². The SMILES string of the molecule is CC1=C(C(=O)OCc2ccccc2)C(c2ccc(OCc3ccc(C(C)(C)C)cc3)cc2)n2nc(SCc3ccccc3Cl)nc2N1. The molecule has 2 heterocycles. The number of halogens is 1. The van der Waals surface area contributed by atoms with Crippen molar-refractivity contribution in [2.45, 2.75) is 63.3 Å². The summed E-state index contributed by atoms with van der Waals surface area (Å²) in [7, 11) is 0. The first kappa shape index (κ1) is 32.4. The lowest BCUT2D eigenvalue weighted by Gasteiger charge is -2.28. The number of nitrogens with zero attached hydrogens (tertiary/aromatic N) is 3. The van der Waals surface area contributed by atoms with Crippen LogP contribution in [-0.4, -0.2) is 20.7 Å². The van der Waals surface area contributed by atoms with Gasteiger partial charge in [0, 0.05) is 16.5 Å². The van der Waals surface area contributed by atoms with Crippen molar-refractivity contribution in [3.05, 3.63) is 147 Å². The van der Waals surface area contributed by atoms with E-state index in [4.69, 9.17) is 31.2 Å². The number of anilines is 1. The van der Waals surface area contributed by atoms with Gasteiger partial charge in [-0.25, -0.2) is 9.48 Å². The number of esters is 1. The van der Waals surface area contributed by atoms with E-state index >= 15 is 0 Å². The summed E-state index contributed by atoms with van der Waals surface area (Å²) in [5, 5.41) is 9.41. The van der Waals surface area contributed by atoms with Crippen molar-refractivity contribution in [3.63, 3.8) is 0 Å². The molecule has 0 aliphatic carbocycles. The van der Waals surface area contributed by atoms with Crippen molar-refractivity contribution in [3.8, 4) is 5.75 Å². The third-order valence-corrected chi connectivity index (χ3v) is 9.26. The molecule has 1 aliphatic heterocycles. The van der Waals surface area contributed by atoms with Crippen LogP contribution in [0.2, 0.25) is 5.02 Å².